The van der Waals surface area contributed by atoms with E-state index in [2.05, 4.69) is 10.7 Å². The van der Waals surface area contributed by atoms with Crippen molar-refractivity contribution in [2.45, 2.75) is 32.6 Å². The van der Waals surface area contributed by atoms with E-state index in [1.165, 1.54) is 0 Å². The summed E-state index contributed by atoms with van der Waals surface area (Å²) in [5.41, 5.74) is 2.54. The first kappa shape index (κ1) is 13.4. The summed E-state index contributed by atoms with van der Waals surface area (Å²) >= 11 is 0. The van der Waals surface area contributed by atoms with E-state index in [1.54, 1.807) is 0 Å². The minimum absolute atomic E-state index is 0.000868. The third-order valence-corrected chi connectivity index (χ3v) is 2.26. The van der Waals surface area contributed by atoms with Gasteiger partial charge in [-0.2, -0.15) is 0 Å². The van der Waals surface area contributed by atoms with Crippen molar-refractivity contribution < 1.29 is 19.1 Å². The molecule has 0 spiro atoms. The van der Waals surface area contributed by atoms with Gasteiger partial charge in [-0.25, -0.2) is 15.2 Å². The zero-order valence-electron chi connectivity index (χ0n) is 9.82. The summed E-state index contributed by atoms with van der Waals surface area (Å²) in [6, 6.07) is -0.609. The molecule has 0 radical (unpaired) electrons. The number of nitrogens with one attached hydrogen (secondary N) is 2. The van der Waals surface area contributed by atoms with E-state index < -0.39 is 11.9 Å². The number of nitrogens with zero attached hydrogens (tertiary/aromatic N) is 1. The normalized spacial score (nSPS) is 15.7. The predicted molar refractivity (Wildman–Crippen MR) is 58.5 cm³/mol. The monoisotopic (exact) mass is 243 g/mol. The highest BCUT2D eigenvalue weighted by molar-refractivity contribution is 5.97. The molecular weight excluding hydrogens is 226 g/mol. The summed E-state index contributed by atoms with van der Waals surface area (Å²) in [5.74, 6) is -0.745. The molecule has 0 atom stereocenters. The summed E-state index contributed by atoms with van der Waals surface area (Å²) in [6.45, 7) is 1.85. The number of hydrogen-bond acceptors (Lipinski definition) is 5. The fourth-order valence-electron chi connectivity index (χ4n) is 1.30. The van der Waals surface area contributed by atoms with Gasteiger partial charge in [-0.1, -0.05) is 19.8 Å². The molecular formula is C10H17N3O4. The second-order valence-corrected chi connectivity index (χ2v) is 3.72. The van der Waals surface area contributed by atoms with Gasteiger partial charge in [-0.05, 0) is 6.42 Å². The number of ether oxygens (including phenoxy) is 1. The van der Waals surface area contributed by atoms with E-state index in [9.17, 15) is 14.4 Å². The van der Waals surface area contributed by atoms with Crippen LogP contribution in [0.2, 0.25) is 0 Å². The van der Waals surface area contributed by atoms with E-state index in [-0.39, 0.29) is 19.2 Å². The molecule has 17 heavy (non-hydrogen) atoms. The Labute approximate surface area is 99.4 Å². The molecule has 0 aromatic carbocycles. The third-order valence-electron chi connectivity index (χ3n) is 2.26. The van der Waals surface area contributed by atoms with Gasteiger partial charge in [-0.3, -0.25) is 14.9 Å². The molecule has 1 rings (SSSR count). The van der Waals surface area contributed by atoms with Gasteiger partial charge >= 0.3 is 12.0 Å². The maximum atomic E-state index is 11.3. The van der Waals surface area contributed by atoms with Gasteiger partial charge in [-0.15, -0.1) is 0 Å². The van der Waals surface area contributed by atoms with Crippen LogP contribution in [-0.4, -0.2) is 36.2 Å². The molecule has 3 amide bonds. The quantitative estimate of drug-likeness (QED) is 0.511. The average molecular weight is 243 g/mol. The third kappa shape index (κ3) is 4.81. The van der Waals surface area contributed by atoms with Crippen LogP contribution in [-0.2, 0) is 14.3 Å². The minimum Gasteiger partial charge on any atom is -0.443 e. The van der Waals surface area contributed by atoms with Crippen LogP contribution in [0.5, 0.6) is 0 Å². The standard InChI is InChI=1S/C10H17N3O4/c1-2-3-4-5-9(15)17-7-13-10(16)12-8(14)6-11-13/h11H,2-7H2,1H3,(H,12,14,16). The van der Waals surface area contributed by atoms with Crippen LogP contribution in [0.3, 0.4) is 0 Å². The Hall–Kier alpha value is -1.63. The Morgan fingerprint density at radius 1 is 1.41 bits per heavy atom. The number of amides is 3. The summed E-state index contributed by atoms with van der Waals surface area (Å²) in [6.07, 6.45) is 3.15. The summed E-state index contributed by atoms with van der Waals surface area (Å²) in [5, 5.41) is 3.15. The fraction of sp³-hybridized carbons (Fsp3) is 0.700. The molecule has 1 fully saturated rings. The zero-order valence-corrected chi connectivity index (χ0v) is 9.82. The molecule has 0 aliphatic carbocycles. The number of carbonyl (C=O) groups is 3. The largest absolute Gasteiger partial charge is 0.443 e. The maximum Gasteiger partial charge on any atom is 0.341 e. The van der Waals surface area contributed by atoms with Crippen molar-refractivity contribution in [1.29, 1.82) is 0 Å². The van der Waals surface area contributed by atoms with E-state index in [0.29, 0.717) is 6.42 Å². The number of rotatable bonds is 6. The van der Waals surface area contributed by atoms with Crippen molar-refractivity contribution >= 4 is 17.9 Å². The van der Waals surface area contributed by atoms with Crippen molar-refractivity contribution in [3.63, 3.8) is 0 Å². The van der Waals surface area contributed by atoms with Crippen molar-refractivity contribution in [2.24, 2.45) is 0 Å². The molecule has 1 aliphatic rings. The van der Waals surface area contributed by atoms with Gasteiger partial charge in [0.25, 0.3) is 0 Å². The summed E-state index contributed by atoms with van der Waals surface area (Å²) in [7, 11) is 0. The number of hydrazine groups is 1. The molecule has 1 aliphatic heterocycles. The van der Waals surface area contributed by atoms with Gasteiger partial charge in [0.05, 0.1) is 6.54 Å². The van der Waals surface area contributed by atoms with Gasteiger partial charge in [0, 0.05) is 6.42 Å². The van der Waals surface area contributed by atoms with Crippen molar-refractivity contribution in [3.8, 4) is 0 Å². The first-order valence-electron chi connectivity index (χ1n) is 5.64. The Balaban J connectivity index is 2.19. The van der Waals surface area contributed by atoms with Crippen molar-refractivity contribution in [3.05, 3.63) is 0 Å². The van der Waals surface area contributed by atoms with E-state index in [1.807, 2.05) is 6.92 Å². The fourth-order valence-corrected chi connectivity index (χ4v) is 1.30. The molecule has 7 heteroatoms. The van der Waals surface area contributed by atoms with Crippen LogP contribution in [0.1, 0.15) is 32.6 Å². The highest BCUT2D eigenvalue weighted by Crippen LogP contribution is 2.01. The molecule has 0 bridgehead atoms. The molecule has 7 nitrogen and oxygen atoms in total. The number of unbranched alkanes of at least 4 members (excludes halogenated alkanes) is 2. The van der Waals surface area contributed by atoms with Gasteiger partial charge in [0.15, 0.2) is 6.73 Å². The minimum atomic E-state index is -0.609. The number of imide groups is 1. The SMILES string of the molecule is CCCCCC(=O)OCN1NCC(=O)NC1=O. The lowest BCUT2D eigenvalue weighted by molar-refractivity contribution is -0.148. The smallest absolute Gasteiger partial charge is 0.341 e. The first-order valence-corrected chi connectivity index (χ1v) is 5.64. The number of carbonyl (C=O) groups excluding carboxylic acids is 3. The number of urea groups is 1. The van der Waals surface area contributed by atoms with E-state index in [4.69, 9.17) is 4.74 Å². The van der Waals surface area contributed by atoms with Crippen LogP contribution in [0, 0.1) is 0 Å². The predicted octanol–water partition coefficient (Wildman–Crippen LogP) is 0.124. The van der Waals surface area contributed by atoms with Gasteiger partial charge < -0.3 is 4.74 Å². The zero-order chi connectivity index (χ0) is 12.7. The molecule has 0 aromatic rings. The Morgan fingerprint density at radius 2 is 2.18 bits per heavy atom. The average Bonchev–Trinajstić information content (AvgIpc) is 2.28. The number of esters is 1. The molecule has 0 aromatic heterocycles. The van der Waals surface area contributed by atoms with Crippen molar-refractivity contribution in [2.75, 3.05) is 13.3 Å². The molecule has 2 N–H and O–H groups in total. The molecule has 1 heterocycles. The molecule has 0 unspecified atom stereocenters. The Morgan fingerprint density at radius 3 is 2.82 bits per heavy atom. The highest BCUT2D eigenvalue weighted by Gasteiger charge is 2.23. The molecule has 1 saturated heterocycles. The lowest BCUT2D eigenvalue weighted by Crippen LogP contribution is -2.59. The summed E-state index contributed by atoms with van der Waals surface area (Å²) in [4.78, 5) is 33.3. The molecule has 0 saturated carbocycles. The Kier molecular flexibility index (Phi) is 5.41. The van der Waals surface area contributed by atoms with Gasteiger partial charge in [0.2, 0.25) is 5.91 Å². The first-order chi connectivity index (χ1) is 8.13. The van der Waals surface area contributed by atoms with E-state index >= 15 is 0 Å². The van der Waals surface area contributed by atoms with Crippen LogP contribution >= 0.6 is 0 Å². The lowest BCUT2D eigenvalue weighted by Gasteiger charge is -2.26. The molecule has 96 valence electrons. The second kappa shape index (κ2) is 6.85. The van der Waals surface area contributed by atoms with Crippen LogP contribution in [0.15, 0.2) is 0 Å². The summed E-state index contributed by atoms with van der Waals surface area (Å²) < 4.78 is 4.89. The van der Waals surface area contributed by atoms with E-state index in [0.717, 1.165) is 24.3 Å². The van der Waals surface area contributed by atoms with Crippen LogP contribution < -0.4 is 10.7 Å². The van der Waals surface area contributed by atoms with Gasteiger partial charge in [0.1, 0.15) is 0 Å². The van der Waals surface area contributed by atoms with Crippen LogP contribution in [0.4, 0.5) is 4.79 Å². The van der Waals surface area contributed by atoms with Crippen LogP contribution in [0.25, 0.3) is 0 Å². The van der Waals surface area contributed by atoms with Crippen molar-refractivity contribution in [1.82, 2.24) is 15.8 Å². The second-order valence-electron chi connectivity index (χ2n) is 3.72. The Bertz CT molecular complexity index is 306. The maximum absolute atomic E-state index is 11.3. The topological polar surface area (TPSA) is 87.7 Å². The number of hydrogen-bond donors (Lipinski definition) is 2. The lowest BCUT2D eigenvalue weighted by atomic mass is 10.2. The highest BCUT2D eigenvalue weighted by atomic mass is 16.5.